The Bertz CT molecular complexity index is 987. The molecule has 2 aliphatic rings. The van der Waals surface area contributed by atoms with Gasteiger partial charge in [-0.05, 0) is 41.5 Å². The van der Waals surface area contributed by atoms with Gasteiger partial charge in [0.05, 0.1) is 6.54 Å². The number of nitrogens with zero attached hydrogens (tertiary/aromatic N) is 2. The Kier molecular flexibility index (Phi) is 6.60. The molecule has 1 heterocycles. The van der Waals surface area contributed by atoms with Crippen LogP contribution in [0.1, 0.15) is 15.9 Å². The van der Waals surface area contributed by atoms with Gasteiger partial charge in [-0.3, -0.25) is 14.5 Å². The Hall–Kier alpha value is -3.07. The topological polar surface area (TPSA) is 61.9 Å². The standard InChI is InChI=1S/C24H26F3N3O3/c1-29(12-16-6-3-2-4-7-16)22(31)15-30-13-20-19(21(20)14-30)11-28-23(32)17-8-5-9-18(10-17)33-24(25,26)27/h2-10,19-21H,11-15H2,1H3,(H,28,32). The van der Waals surface area contributed by atoms with Gasteiger partial charge in [0.1, 0.15) is 5.75 Å². The van der Waals surface area contributed by atoms with E-state index in [0.717, 1.165) is 30.8 Å². The SMILES string of the molecule is CN(Cc1ccccc1)C(=O)CN1CC2C(CNC(=O)c3cccc(OC(F)(F)F)c3)C2C1. The number of likely N-dealkylation sites (tertiary alicyclic amines) is 1. The molecule has 1 aliphatic heterocycles. The minimum atomic E-state index is -4.80. The molecule has 4 rings (SSSR count). The number of halogens is 3. The number of rotatable bonds is 8. The first kappa shape index (κ1) is 23.1. The van der Waals surface area contributed by atoms with E-state index in [2.05, 4.69) is 15.0 Å². The molecule has 0 spiro atoms. The Morgan fingerprint density at radius 1 is 1.09 bits per heavy atom. The first-order valence-corrected chi connectivity index (χ1v) is 10.8. The van der Waals surface area contributed by atoms with E-state index in [1.807, 2.05) is 30.3 Å². The molecule has 0 aromatic heterocycles. The first-order chi connectivity index (χ1) is 15.7. The fraction of sp³-hybridized carbons (Fsp3) is 0.417. The Balaban J connectivity index is 1.19. The molecule has 2 amide bonds. The van der Waals surface area contributed by atoms with E-state index >= 15 is 0 Å². The van der Waals surface area contributed by atoms with Gasteiger partial charge in [0.25, 0.3) is 5.91 Å². The minimum Gasteiger partial charge on any atom is -0.406 e. The van der Waals surface area contributed by atoms with Gasteiger partial charge >= 0.3 is 6.36 Å². The number of alkyl halides is 3. The summed E-state index contributed by atoms with van der Waals surface area (Å²) in [7, 11) is 1.80. The summed E-state index contributed by atoms with van der Waals surface area (Å²) in [5, 5.41) is 2.81. The van der Waals surface area contributed by atoms with Crippen LogP contribution in [0.25, 0.3) is 0 Å². The summed E-state index contributed by atoms with van der Waals surface area (Å²) in [6.07, 6.45) is -4.80. The van der Waals surface area contributed by atoms with E-state index < -0.39 is 18.0 Å². The third kappa shape index (κ3) is 6.04. The summed E-state index contributed by atoms with van der Waals surface area (Å²) in [5.74, 6) is 0.413. The molecule has 1 aliphatic carbocycles. The van der Waals surface area contributed by atoms with Gasteiger partial charge in [0.2, 0.25) is 5.91 Å². The van der Waals surface area contributed by atoms with Gasteiger partial charge in [-0.15, -0.1) is 13.2 Å². The van der Waals surface area contributed by atoms with Crippen molar-refractivity contribution in [2.24, 2.45) is 17.8 Å². The quantitative estimate of drug-likeness (QED) is 0.656. The Morgan fingerprint density at radius 3 is 2.45 bits per heavy atom. The van der Waals surface area contributed by atoms with E-state index in [0.29, 0.717) is 37.4 Å². The van der Waals surface area contributed by atoms with Crippen LogP contribution in [-0.2, 0) is 11.3 Å². The van der Waals surface area contributed by atoms with Crippen LogP contribution in [0.4, 0.5) is 13.2 Å². The molecule has 2 aromatic carbocycles. The molecule has 2 fully saturated rings. The normalized spacial score (nSPS) is 21.9. The number of likely N-dealkylation sites (N-methyl/N-ethyl adjacent to an activating group) is 1. The molecule has 176 valence electrons. The predicted molar refractivity (Wildman–Crippen MR) is 115 cm³/mol. The van der Waals surface area contributed by atoms with Gasteiger partial charge in [-0.25, -0.2) is 0 Å². The number of hydrogen-bond acceptors (Lipinski definition) is 4. The zero-order valence-corrected chi connectivity index (χ0v) is 18.2. The van der Waals surface area contributed by atoms with Crippen LogP contribution in [0.3, 0.4) is 0 Å². The highest BCUT2D eigenvalue weighted by molar-refractivity contribution is 5.94. The first-order valence-electron chi connectivity index (χ1n) is 10.8. The molecular formula is C24H26F3N3O3. The van der Waals surface area contributed by atoms with E-state index in [-0.39, 0.29) is 11.5 Å². The number of carbonyl (C=O) groups excluding carboxylic acids is 2. The smallest absolute Gasteiger partial charge is 0.406 e. The maximum absolute atomic E-state index is 12.5. The number of nitrogens with one attached hydrogen (secondary N) is 1. The van der Waals surface area contributed by atoms with Gasteiger partial charge < -0.3 is 15.0 Å². The number of piperidine rings is 1. The third-order valence-electron chi connectivity index (χ3n) is 6.32. The zero-order valence-electron chi connectivity index (χ0n) is 18.2. The fourth-order valence-corrected chi connectivity index (χ4v) is 4.57. The van der Waals surface area contributed by atoms with Crippen molar-refractivity contribution < 1.29 is 27.5 Å². The predicted octanol–water partition coefficient (Wildman–Crippen LogP) is 3.15. The van der Waals surface area contributed by atoms with Crippen molar-refractivity contribution in [3.8, 4) is 5.75 Å². The van der Waals surface area contributed by atoms with Crippen molar-refractivity contribution in [2.45, 2.75) is 12.9 Å². The lowest BCUT2D eigenvalue weighted by Crippen LogP contribution is -2.39. The number of fused-ring (bicyclic) bond motifs is 1. The average Bonchev–Trinajstić information content (AvgIpc) is 3.22. The van der Waals surface area contributed by atoms with Crippen LogP contribution >= 0.6 is 0 Å². The maximum atomic E-state index is 12.5. The summed E-state index contributed by atoms with van der Waals surface area (Å²) in [4.78, 5) is 28.8. The highest BCUT2D eigenvalue weighted by Crippen LogP contribution is 2.51. The van der Waals surface area contributed by atoms with Gasteiger partial charge in [0, 0.05) is 38.8 Å². The van der Waals surface area contributed by atoms with Crippen LogP contribution in [0.2, 0.25) is 0 Å². The molecule has 2 aromatic rings. The van der Waals surface area contributed by atoms with Crippen molar-refractivity contribution in [2.75, 3.05) is 33.2 Å². The Morgan fingerprint density at radius 2 is 1.79 bits per heavy atom. The molecule has 1 N–H and O–H groups in total. The molecule has 33 heavy (non-hydrogen) atoms. The highest BCUT2D eigenvalue weighted by atomic mass is 19.4. The second-order valence-corrected chi connectivity index (χ2v) is 8.71. The van der Waals surface area contributed by atoms with Crippen LogP contribution in [0, 0.1) is 17.8 Å². The van der Waals surface area contributed by atoms with Crippen LogP contribution < -0.4 is 10.1 Å². The maximum Gasteiger partial charge on any atom is 0.573 e. The lowest BCUT2D eigenvalue weighted by molar-refractivity contribution is -0.274. The number of hydrogen-bond donors (Lipinski definition) is 1. The fourth-order valence-electron chi connectivity index (χ4n) is 4.57. The van der Waals surface area contributed by atoms with E-state index in [1.165, 1.54) is 12.1 Å². The number of amides is 2. The van der Waals surface area contributed by atoms with Crippen LogP contribution in [0.15, 0.2) is 54.6 Å². The molecule has 2 unspecified atom stereocenters. The van der Waals surface area contributed by atoms with E-state index in [4.69, 9.17) is 0 Å². The van der Waals surface area contributed by atoms with E-state index in [1.54, 1.807) is 11.9 Å². The molecular weight excluding hydrogens is 435 g/mol. The van der Waals surface area contributed by atoms with Crippen molar-refractivity contribution >= 4 is 11.8 Å². The van der Waals surface area contributed by atoms with Crippen molar-refractivity contribution in [1.29, 1.82) is 0 Å². The average molecular weight is 461 g/mol. The number of carbonyl (C=O) groups is 2. The molecule has 6 nitrogen and oxygen atoms in total. The second-order valence-electron chi connectivity index (χ2n) is 8.71. The molecule has 0 radical (unpaired) electrons. The molecule has 9 heteroatoms. The summed E-state index contributed by atoms with van der Waals surface area (Å²) in [5.41, 5.74) is 1.21. The molecule has 2 atom stereocenters. The number of benzene rings is 2. The molecule has 1 saturated heterocycles. The third-order valence-corrected chi connectivity index (χ3v) is 6.32. The second kappa shape index (κ2) is 9.43. The molecule has 1 saturated carbocycles. The summed E-state index contributed by atoms with van der Waals surface area (Å²) >= 11 is 0. The summed E-state index contributed by atoms with van der Waals surface area (Å²) in [6.45, 7) is 3.04. The summed E-state index contributed by atoms with van der Waals surface area (Å²) in [6, 6.07) is 14.9. The van der Waals surface area contributed by atoms with Crippen LogP contribution in [0.5, 0.6) is 5.75 Å². The van der Waals surface area contributed by atoms with Crippen molar-refractivity contribution in [3.63, 3.8) is 0 Å². The minimum absolute atomic E-state index is 0.0750. The number of ether oxygens (including phenoxy) is 1. The monoisotopic (exact) mass is 461 g/mol. The van der Waals surface area contributed by atoms with Crippen molar-refractivity contribution in [1.82, 2.24) is 15.1 Å². The zero-order chi connectivity index (χ0) is 23.6. The Labute approximate surface area is 190 Å². The van der Waals surface area contributed by atoms with Crippen LogP contribution in [-0.4, -0.2) is 61.2 Å². The van der Waals surface area contributed by atoms with Crippen molar-refractivity contribution in [3.05, 3.63) is 65.7 Å². The lowest BCUT2D eigenvalue weighted by Gasteiger charge is -2.23. The summed E-state index contributed by atoms with van der Waals surface area (Å²) < 4.78 is 41.0. The largest absolute Gasteiger partial charge is 0.573 e. The molecule has 0 bridgehead atoms. The van der Waals surface area contributed by atoms with Gasteiger partial charge in [0.15, 0.2) is 0 Å². The van der Waals surface area contributed by atoms with Gasteiger partial charge in [-0.2, -0.15) is 0 Å². The van der Waals surface area contributed by atoms with Gasteiger partial charge in [-0.1, -0.05) is 36.4 Å². The highest BCUT2D eigenvalue weighted by Gasteiger charge is 2.55. The van der Waals surface area contributed by atoms with E-state index in [9.17, 15) is 22.8 Å². The lowest BCUT2D eigenvalue weighted by atomic mass is 10.2.